The molecule has 122 valence electrons. The van der Waals surface area contributed by atoms with Crippen molar-refractivity contribution in [3.8, 4) is 5.75 Å². The van der Waals surface area contributed by atoms with Crippen LogP contribution in [0.15, 0.2) is 36.4 Å². The normalized spacial score (nSPS) is 19.3. The van der Waals surface area contributed by atoms with E-state index in [4.69, 9.17) is 9.47 Å². The van der Waals surface area contributed by atoms with Gasteiger partial charge in [0, 0.05) is 28.8 Å². The first-order valence-corrected chi connectivity index (χ1v) is 8.02. The van der Waals surface area contributed by atoms with E-state index < -0.39 is 5.60 Å². The van der Waals surface area contributed by atoms with Crippen molar-refractivity contribution < 1.29 is 14.3 Å². The monoisotopic (exact) mass is 321 g/mol. The summed E-state index contributed by atoms with van der Waals surface area (Å²) in [5.74, 6) is 0.535. The summed E-state index contributed by atoms with van der Waals surface area (Å²) in [5.41, 5.74) is 3.65. The minimum absolute atomic E-state index is 0.197. The number of H-pyrrole nitrogens is 1. The average Bonchev–Trinajstić information content (AvgIpc) is 2.92. The quantitative estimate of drug-likeness (QED) is 0.714. The van der Waals surface area contributed by atoms with Crippen molar-refractivity contribution in [3.63, 3.8) is 0 Å². The molecule has 24 heavy (non-hydrogen) atoms. The smallest absolute Gasteiger partial charge is 0.302 e. The minimum atomic E-state index is -0.650. The summed E-state index contributed by atoms with van der Waals surface area (Å²) in [6.07, 6.45) is 4.02. The molecule has 1 N–H and O–H groups in total. The van der Waals surface area contributed by atoms with E-state index in [0.29, 0.717) is 0 Å². The lowest BCUT2D eigenvalue weighted by atomic mass is 9.96. The number of hydrogen-bond acceptors (Lipinski definition) is 3. The zero-order valence-electron chi connectivity index (χ0n) is 14.0. The van der Waals surface area contributed by atoms with Gasteiger partial charge < -0.3 is 14.5 Å². The Morgan fingerprint density at radius 3 is 2.88 bits per heavy atom. The predicted octanol–water partition coefficient (Wildman–Crippen LogP) is 4.36. The number of aromatic nitrogens is 1. The van der Waals surface area contributed by atoms with E-state index >= 15 is 0 Å². The third-order valence-electron chi connectivity index (χ3n) is 4.48. The highest BCUT2D eigenvalue weighted by Crippen LogP contribution is 2.40. The molecule has 0 bridgehead atoms. The summed E-state index contributed by atoms with van der Waals surface area (Å²) in [7, 11) is 0. The van der Waals surface area contributed by atoms with Crippen molar-refractivity contribution in [1.29, 1.82) is 0 Å². The maximum Gasteiger partial charge on any atom is 0.302 e. The molecule has 1 aliphatic heterocycles. The van der Waals surface area contributed by atoms with E-state index in [-0.39, 0.29) is 12.6 Å². The zero-order valence-corrected chi connectivity index (χ0v) is 14.0. The molecular formula is C20H19NO3. The van der Waals surface area contributed by atoms with Crippen LogP contribution >= 0.6 is 0 Å². The first-order chi connectivity index (χ1) is 11.5. The van der Waals surface area contributed by atoms with Gasteiger partial charge in [0.05, 0.1) is 5.52 Å². The Morgan fingerprint density at radius 1 is 1.29 bits per heavy atom. The maximum absolute atomic E-state index is 11.1. The molecule has 0 saturated heterocycles. The maximum atomic E-state index is 11.1. The van der Waals surface area contributed by atoms with Gasteiger partial charge in [-0.25, -0.2) is 0 Å². The summed E-state index contributed by atoms with van der Waals surface area (Å²) < 4.78 is 11.4. The summed E-state index contributed by atoms with van der Waals surface area (Å²) in [6.45, 7) is 5.57. The number of esters is 1. The first kappa shape index (κ1) is 14.8. The van der Waals surface area contributed by atoms with Gasteiger partial charge in [0.2, 0.25) is 0 Å². The molecule has 1 aliphatic rings. The van der Waals surface area contributed by atoms with Crippen molar-refractivity contribution in [3.05, 3.63) is 47.5 Å². The minimum Gasteiger partial charge on any atom is -0.479 e. The van der Waals surface area contributed by atoms with Crippen LogP contribution in [0.2, 0.25) is 0 Å². The summed E-state index contributed by atoms with van der Waals surface area (Å²) in [4.78, 5) is 14.6. The van der Waals surface area contributed by atoms with Gasteiger partial charge in [-0.2, -0.15) is 0 Å². The largest absolute Gasteiger partial charge is 0.479 e. The molecule has 1 unspecified atom stereocenters. The van der Waals surface area contributed by atoms with Crippen LogP contribution in [0.25, 0.3) is 27.9 Å². The fourth-order valence-electron chi connectivity index (χ4n) is 3.28. The fraction of sp³-hybridized carbons (Fsp3) is 0.250. The van der Waals surface area contributed by atoms with E-state index in [1.807, 2.05) is 32.1 Å². The van der Waals surface area contributed by atoms with Crippen LogP contribution in [0, 0.1) is 6.92 Å². The lowest BCUT2D eigenvalue weighted by Crippen LogP contribution is -2.38. The summed E-state index contributed by atoms with van der Waals surface area (Å²) in [5, 5.41) is 2.40. The predicted molar refractivity (Wildman–Crippen MR) is 95.2 cm³/mol. The molecule has 1 atom stereocenters. The molecule has 3 aromatic rings. The Labute approximate surface area is 140 Å². The first-order valence-electron chi connectivity index (χ1n) is 8.02. The van der Waals surface area contributed by atoms with Gasteiger partial charge in [-0.15, -0.1) is 0 Å². The highest BCUT2D eigenvalue weighted by Gasteiger charge is 2.31. The SMILES string of the molecule is CC(=O)OCC1(C)C=Cc2c(c(C)cc3c2[nH]c2ccccc23)O1. The molecule has 0 fully saturated rings. The Hall–Kier alpha value is -2.75. The van der Waals surface area contributed by atoms with E-state index in [9.17, 15) is 4.79 Å². The van der Waals surface area contributed by atoms with Gasteiger partial charge in [0.15, 0.2) is 5.60 Å². The van der Waals surface area contributed by atoms with Crippen LogP contribution in [0.5, 0.6) is 5.75 Å². The van der Waals surface area contributed by atoms with Gasteiger partial charge in [-0.1, -0.05) is 18.2 Å². The number of para-hydroxylation sites is 1. The Morgan fingerprint density at radius 2 is 2.08 bits per heavy atom. The molecule has 0 radical (unpaired) electrons. The number of aryl methyl sites for hydroxylation is 1. The van der Waals surface area contributed by atoms with Crippen LogP contribution in [0.1, 0.15) is 25.0 Å². The molecule has 0 aliphatic carbocycles. The zero-order chi connectivity index (χ0) is 16.9. The van der Waals surface area contributed by atoms with Crippen LogP contribution in [-0.2, 0) is 9.53 Å². The number of nitrogens with one attached hydrogen (secondary N) is 1. The second-order valence-corrected chi connectivity index (χ2v) is 6.56. The molecule has 2 aromatic carbocycles. The lowest BCUT2D eigenvalue weighted by Gasteiger charge is -2.32. The standard InChI is InChI=1S/C20H19NO3/c1-12-10-16-14-6-4-5-7-17(14)21-18(16)15-8-9-20(3,24-19(12)15)11-23-13(2)22/h4-10,21H,11H2,1-3H3. The molecule has 0 spiro atoms. The Kier molecular flexibility index (Phi) is 3.17. The summed E-state index contributed by atoms with van der Waals surface area (Å²) in [6, 6.07) is 10.4. The van der Waals surface area contributed by atoms with E-state index in [1.165, 1.54) is 17.7 Å². The molecule has 0 saturated carbocycles. The van der Waals surface area contributed by atoms with Crippen molar-refractivity contribution >= 4 is 33.9 Å². The van der Waals surface area contributed by atoms with Gasteiger partial charge in [0.1, 0.15) is 12.4 Å². The molecule has 4 heteroatoms. The number of fused-ring (bicyclic) bond motifs is 5. The third-order valence-corrected chi connectivity index (χ3v) is 4.48. The van der Waals surface area contributed by atoms with Gasteiger partial charge in [-0.3, -0.25) is 4.79 Å². The molecular weight excluding hydrogens is 302 g/mol. The second kappa shape index (κ2) is 5.13. The van der Waals surface area contributed by atoms with Gasteiger partial charge >= 0.3 is 5.97 Å². The topological polar surface area (TPSA) is 51.3 Å². The van der Waals surface area contributed by atoms with Crippen molar-refractivity contribution in [2.24, 2.45) is 0 Å². The average molecular weight is 321 g/mol. The summed E-state index contributed by atoms with van der Waals surface area (Å²) >= 11 is 0. The van der Waals surface area contributed by atoms with Crippen LogP contribution in [0.3, 0.4) is 0 Å². The number of ether oxygens (including phenoxy) is 2. The van der Waals surface area contributed by atoms with E-state index in [1.54, 1.807) is 0 Å². The van der Waals surface area contributed by atoms with Crippen LogP contribution in [-0.4, -0.2) is 23.2 Å². The van der Waals surface area contributed by atoms with E-state index in [2.05, 4.69) is 29.3 Å². The second-order valence-electron chi connectivity index (χ2n) is 6.56. The molecule has 4 nitrogen and oxygen atoms in total. The fourth-order valence-corrected chi connectivity index (χ4v) is 3.28. The Bertz CT molecular complexity index is 999. The van der Waals surface area contributed by atoms with Crippen molar-refractivity contribution in [2.75, 3.05) is 6.61 Å². The highest BCUT2D eigenvalue weighted by atomic mass is 16.6. The lowest BCUT2D eigenvalue weighted by molar-refractivity contribution is -0.145. The number of rotatable bonds is 2. The number of carbonyl (C=O) groups is 1. The number of benzene rings is 2. The van der Waals surface area contributed by atoms with Crippen molar-refractivity contribution in [2.45, 2.75) is 26.4 Å². The highest BCUT2D eigenvalue weighted by molar-refractivity contribution is 6.11. The molecule has 4 rings (SSSR count). The number of aromatic amines is 1. The van der Waals surface area contributed by atoms with Crippen LogP contribution in [0.4, 0.5) is 0 Å². The van der Waals surface area contributed by atoms with E-state index in [0.717, 1.165) is 27.9 Å². The molecule has 0 amide bonds. The third kappa shape index (κ3) is 2.26. The number of hydrogen-bond donors (Lipinski definition) is 1. The number of carbonyl (C=O) groups excluding carboxylic acids is 1. The van der Waals surface area contributed by atoms with Gasteiger partial charge in [-0.05, 0) is 43.7 Å². The van der Waals surface area contributed by atoms with Gasteiger partial charge in [0.25, 0.3) is 0 Å². The van der Waals surface area contributed by atoms with Crippen LogP contribution < -0.4 is 4.74 Å². The van der Waals surface area contributed by atoms with Crippen molar-refractivity contribution in [1.82, 2.24) is 4.98 Å². The molecule has 1 aromatic heterocycles. The molecule has 2 heterocycles. The Balaban J connectivity index is 1.86.